The van der Waals surface area contributed by atoms with Crippen molar-refractivity contribution < 1.29 is 28.9 Å². The minimum absolute atomic E-state index is 0.104. The second kappa shape index (κ2) is 24.4. The molecule has 1 unspecified atom stereocenters. The van der Waals surface area contributed by atoms with Gasteiger partial charge in [-0.15, -0.1) is 0 Å². The number of hydrogen-bond donors (Lipinski definition) is 6. The number of H-pyrrole nitrogens is 2. The molecule has 0 saturated heterocycles. The Hall–Kier alpha value is -1.75. The van der Waals surface area contributed by atoms with E-state index in [-0.39, 0.29) is 24.8 Å². The predicted octanol–water partition coefficient (Wildman–Crippen LogP) is 7.06. The van der Waals surface area contributed by atoms with Crippen molar-refractivity contribution in [3.05, 3.63) is 22.1 Å². The number of aromatic hydroxyl groups is 1. The van der Waals surface area contributed by atoms with Crippen molar-refractivity contribution in [1.82, 2.24) is 20.3 Å². The van der Waals surface area contributed by atoms with Gasteiger partial charge in [0.15, 0.2) is 0 Å². The van der Waals surface area contributed by atoms with E-state index < -0.39 is 25.3 Å². The number of hydrogen-bond acceptors (Lipinski definition) is 9. The molecule has 0 amide bonds. The third-order valence-corrected chi connectivity index (χ3v) is 10.2. The molecule has 11 nitrogen and oxygen atoms in total. The lowest BCUT2D eigenvalue weighted by molar-refractivity contribution is 0.162. The van der Waals surface area contributed by atoms with Crippen molar-refractivity contribution >= 4 is 18.6 Å². The largest absolute Gasteiger partial charge is 0.480 e. The highest BCUT2D eigenvalue weighted by Crippen LogP contribution is 2.48. The lowest BCUT2D eigenvalue weighted by Gasteiger charge is -2.21. The van der Waals surface area contributed by atoms with Gasteiger partial charge >= 0.3 is 7.60 Å². The Morgan fingerprint density at radius 3 is 1.87 bits per heavy atom. The van der Waals surface area contributed by atoms with Crippen LogP contribution >= 0.6 is 7.60 Å². The van der Waals surface area contributed by atoms with E-state index in [0.717, 1.165) is 25.7 Å². The maximum atomic E-state index is 13.1. The molecule has 45 heavy (non-hydrogen) atoms. The lowest BCUT2D eigenvalue weighted by atomic mass is 10.0. The van der Waals surface area contributed by atoms with E-state index in [2.05, 4.69) is 20.3 Å². The Morgan fingerprint density at radius 2 is 1.36 bits per heavy atom. The summed E-state index contributed by atoms with van der Waals surface area (Å²) in [6.07, 6.45) is 24.3. The lowest BCUT2D eigenvalue weighted by Crippen LogP contribution is -2.29. The van der Waals surface area contributed by atoms with Crippen LogP contribution < -0.4 is 10.9 Å². The van der Waals surface area contributed by atoms with Gasteiger partial charge in [0, 0.05) is 31.5 Å². The first-order chi connectivity index (χ1) is 21.9. The van der Waals surface area contributed by atoms with Crippen LogP contribution in [0, 0.1) is 0 Å². The molecule has 2 aromatic heterocycles. The quantitative estimate of drug-likeness (QED) is 0.0381. The summed E-state index contributed by atoms with van der Waals surface area (Å²) in [4.78, 5) is 20.9. The molecule has 0 saturated carbocycles. The number of aromatic nitrogens is 3. The monoisotopic (exact) mass is 656 g/mol. The van der Waals surface area contributed by atoms with Gasteiger partial charge in [-0.1, -0.05) is 109 Å². The average molecular weight is 657 g/mol. The number of aliphatic hydroxyl groups excluding tert-OH is 2. The molecule has 2 heterocycles. The standard InChI is InChI=1S/C33H61N4O7P/c1-2-43-45(42,27-29(39)26-34-24-28-25-35-31-30(28)36-33(41)37-32(31)40)44-23-21-19-17-15-13-11-9-7-5-3-4-6-8-10-12-14-16-18-20-22-38/h25,29,34-35,38-39H,2-24,26-27H2,1H3,(H2,36,37,40,41)/t29-,45?/m0/s1. The van der Waals surface area contributed by atoms with Crippen LogP contribution in [0.5, 0.6) is 6.01 Å². The molecule has 0 aliphatic rings. The molecule has 12 heteroatoms. The van der Waals surface area contributed by atoms with E-state index in [1.165, 1.54) is 96.3 Å². The maximum Gasteiger partial charge on any atom is 0.333 e. The van der Waals surface area contributed by atoms with E-state index in [1.54, 1.807) is 13.1 Å². The molecule has 0 aromatic carbocycles. The Kier molecular flexibility index (Phi) is 21.4. The number of aliphatic hydroxyl groups is 2. The van der Waals surface area contributed by atoms with Gasteiger partial charge in [-0.25, -0.2) is 0 Å². The van der Waals surface area contributed by atoms with Crippen molar-refractivity contribution in [2.24, 2.45) is 0 Å². The van der Waals surface area contributed by atoms with Crippen LogP contribution in [0.2, 0.25) is 0 Å². The smallest absolute Gasteiger partial charge is 0.333 e. The van der Waals surface area contributed by atoms with Crippen molar-refractivity contribution in [2.45, 2.75) is 142 Å². The Balaban J connectivity index is 1.44. The van der Waals surface area contributed by atoms with Crippen LogP contribution in [0.25, 0.3) is 11.0 Å². The van der Waals surface area contributed by atoms with Gasteiger partial charge in [0.25, 0.3) is 11.6 Å². The van der Waals surface area contributed by atoms with Gasteiger partial charge in [-0.3, -0.25) is 14.3 Å². The zero-order chi connectivity index (χ0) is 32.6. The average Bonchev–Trinajstić information content (AvgIpc) is 3.41. The number of fused-ring (bicyclic) bond motifs is 1. The third-order valence-electron chi connectivity index (χ3n) is 8.15. The van der Waals surface area contributed by atoms with E-state index in [9.17, 15) is 19.6 Å². The molecule has 0 aliphatic carbocycles. The summed E-state index contributed by atoms with van der Waals surface area (Å²) in [7, 11) is -3.42. The minimum atomic E-state index is -3.42. The molecule has 0 radical (unpaired) electrons. The topological polar surface area (TPSA) is 170 Å². The van der Waals surface area contributed by atoms with Gasteiger partial charge in [0.2, 0.25) is 0 Å². The van der Waals surface area contributed by atoms with Crippen LogP contribution in [-0.4, -0.2) is 68.9 Å². The summed E-state index contributed by atoms with van der Waals surface area (Å²) < 4.78 is 24.3. The Bertz CT molecular complexity index is 1130. The first-order valence-electron chi connectivity index (χ1n) is 17.6. The molecule has 0 spiro atoms. The fraction of sp³-hybridized carbons (Fsp3) is 0.818. The SMILES string of the molecule is CCOP(=O)(C[C@@H](O)CNCc1c[nH]c2c(=O)[nH]c(O)nc12)OCCCCCCCCCCCCCCCCCCCCCO. The van der Waals surface area contributed by atoms with Gasteiger partial charge in [0.05, 0.1) is 25.5 Å². The van der Waals surface area contributed by atoms with E-state index >= 15 is 0 Å². The van der Waals surface area contributed by atoms with Crippen LogP contribution in [-0.2, 0) is 20.2 Å². The summed E-state index contributed by atoms with van der Waals surface area (Å²) in [5.74, 6) is 0. The first-order valence-corrected chi connectivity index (χ1v) is 19.3. The molecular formula is C33H61N4O7P. The predicted molar refractivity (Wildman–Crippen MR) is 181 cm³/mol. The van der Waals surface area contributed by atoms with Crippen LogP contribution in [0.3, 0.4) is 0 Å². The van der Waals surface area contributed by atoms with E-state index in [1.807, 2.05) is 0 Å². The number of nitrogens with one attached hydrogen (secondary N) is 3. The molecule has 0 aliphatic heterocycles. The fourth-order valence-electron chi connectivity index (χ4n) is 5.65. The number of rotatable bonds is 30. The van der Waals surface area contributed by atoms with E-state index in [4.69, 9.17) is 14.2 Å². The summed E-state index contributed by atoms with van der Waals surface area (Å²) >= 11 is 0. The zero-order valence-electron chi connectivity index (χ0n) is 27.7. The summed E-state index contributed by atoms with van der Waals surface area (Å²) in [5.41, 5.74) is 0.819. The zero-order valence-corrected chi connectivity index (χ0v) is 28.6. The Morgan fingerprint density at radius 1 is 0.844 bits per heavy atom. The number of nitrogens with zero attached hydrogens (tertiary/aromatic N) is 1. The second-order valence-electron chi connectivity index (χ2n) is 12.2. The van der Waals surface area contributed by atoms with Crippen molar-refractivity contribution in [2.75, 3.05) is 32.5 Å². The summed E-state index contributed by atoms with van der Waals surface area (Å²) in [5, 5.41) is 31.9. The number of unbranched alkanes of at least 4 members (excludes halogenated alkanes) is 18. The molecule has 2 aromatic rings. The second-order valence-corrected chi connectivity index (χ2v) is 14.3. The van der Waals surface area contributed by atoms with Crippen LogP contribution in [0.4, 0.5) is 0 Å². The first kappa shape index (κ1) is 39.4. The minimum Gasteiger partial charge on any atom is -0.480 e. The molecule has 2 rings (SSSR count). The fourth-order valence-corrected chi connectivity index (χ4v) is 7.38. The third kappa shape index (κ3) is 17.7. The molecule has 0 fully saturated rings. The van der Waals surface area contributed by atoms with Gasteiger partial charge < -0.3 is 34.7 Å². The highest BCUT2D eigenvalue weighted by molar-refractivity contribution is 7.53. The van der Waals surface area contributed by atoms with Gasteiger partial charge in [0.1, 0.15) is 11.0 Å². The molecule has 6 N–H and O–H groups in total. The molecular weight excluding hydrogens is 595 g/mol. The van der Waals surface area contributed by atoms with Gasteiger partial charge in [-0.05, 0) is 19.8 Å². The highest BCUT2D eigenvalue weighted by atomic mass is 31.2. The Labute approximate surface area is 269 Å². The number of aromatic amines is 2. The van der Waals surface area contributed by atoms with Crippen molar-refractivity contribution in [1.29, 1.82) is 0 Å². The van der Waals surface area contributed by atoms with Crippen LogP contribution in [0.1, 0.15) is 134 Å². The molecule has 260 valence electrons. The summed E-state index contributed by atoms with van der Waals surface area (Å²) in [6, 6.07) is -0.459. The molecule has 0 bridgehead atoms. The van der Waals surface area contributed by atoms with Crippen molar-refractivity contribution in [3.8, 4) is 6.01 Å². The maximum absolute atomic E-state index is 13.1. The molecule has 2 atom stereocenters. The highest BCUT2D eigenvalue weighted by Gasteiger charge is 2.28. The summed E-state index contributed by atoms with van der Waals surface area (Å²) in [6.45, 7) is 3.12. The van der Waals surface area contributed by atoms with E-state index in [0.29, 0.717) is 30.8 Å². The van der Waals surface area contributed by atoms with Crippen molar-refractivity contribution in [3.63, 3.8) is 0 Å². The van der Waals surface area contributed by atoms with Gasteiger partial charge in [-0.2, -0.15) is 4.98 Å². The normalized spacial score (nSPS) is 13.8. The van der Waals surface area contributed by atoms with Crippen LogP contribution in [0.15, 0.2) is 11.0 Å².